The smallest absolute Gasteiger partial charge is 0.244 e. The van der Waals surface area contributed by atoms with Gasteiger partial charge in [0.05, 0.1) is 5.69 Å². The number of piperidine rings is 1. The van der Waals surface area contributed by atoms with Crippen LogP contribution in [0.1, 0.15) is 26.2 Å². The standard InChI is InChI=1S/C14H24N4O2S/c1-12(11-18-8-4-3-5-9-18)17-21(19,20)14-10-16-7-6-13(14)15-2/h6-7,10,12,17H,3-5,8-9,11H2,1-2H3,(H,15,16). The second kappa shape index (κ2) is 7.20. The highest BCUT2D eigenvalue weighted by Crippen LogP contribution is 2.19. The van der Waals surface area contributed by atoms with Crippen LogP contribution in [0.3, 0.4) is 0 Å². The van der Waals surface area contributed by atoms with Crippen molar-refractivity contribution in [2.24, 2.45) is 0 Å². The molecule has 2 rings (SSSR count). The number of aromatic nitrogens is 1. The molecule has 0 amide bonds. The van der Waals surface area contributed by atoms with E-state index in [9.17, 15) is 8.42 Å². The molecule has 1 aromatic heterocycles. The molecule has 0 aromatic carbocycles. The van der Waals surface area contributed by atoms with Gasteiger partial charge in [-0.25, -0.2) is 13.1 Å². The number of nitrogens with zero attached hydrogens (tertiary/aromatic N) is 2. The van der Waals surface area contributed by atoms with Gasteiger partial charge in [0.2, 0.25) is 10.0 Å². The number of nitrogens with one attached hydrogen (secondary N) is 2. The first-order chi connectivity index (χ1) is 10.0. The molecular formula is C14H24N4O2S. The minimum Gasteiger partial charge on any atom is -0.387 e. The highest BCUT2D eigenvalue weighted by molar-refractivity contribution is 7.89. The van der Waals surface area contributed by atoms with E-state index in [2.05, 4.69) is 19.9 Å². The van der Waals surface area contributed by atoms with Gasteiger partial charge in [0.25, 0.3) is 0 Å². The lowest BCUT2D eigenvalue weighted by atomic mass is 10.1. The fourth-order valence-electron chi connectivity index (χ4n) is 2.70. The van der Waals surface area contributed by atoms with Gasteiger partial charge < -0.3 is 10.2 Å². The van der Waals surface area contributed by atoms with Gasteiger partial charge in [0.1, 0.15) is 4.90 Å². The third-order valence-electron chi connectivity index (χ3n) is 3.68. The Hall–Kier alpha value is -1.18. The van der Waals surface area contributed by atoms with E-state index in [0.29, 0.717) is 5.69 Å². The summed E-state index contributed by atoms with van der Waals surface area (Å²) in [4.78, 5) is 6.42. The highest BCUT2D eigenvalue weighted by atomic mass is 32.2. The fraction of sp³-hybridized carbons (Fsp3) is 0.643. The summed E-state index contributed by atoms with van der Waals surface area (Å²) in [5, 5.41) is 2.89. The van der Waals surface area contributed by atoms with Crippen LogP contribution in [0.15, 0.2) is 23.4 Å². The number of hydrogen-bond donors (Lipinski definition) is 2. The maximum Gasteiger partial charge on any atom is 0.244 e. The Balaban J connectivity index is 2.02. The second-order valence-electron chi connectivity index (χ2n) is 5.51. The lowest BCUT2D eigenvalue weighted by Gasteiger charge is -2.29. The predicted octanol–water partition coefficient (Wildman–Crippen LogP) is 1.28. The summed E-state index contributed by atoms with van der Waals surface area (Å²) in [7, 11) is -1.85. The first-order valence-electron chi connectivity index (χ1n) is 7.39. The molecule has 0 radical (unpaired) electrons. The van der Waals surface area contributed by atoms with Crippen LogP contribution in [0.2, 0.25) is 0 Å². The Labute approximate surface area is 127 Å². The van der Waals surface area contributed by atoms with Crippen molar-refractivity contribution in [3.8, 4) is 0 Å². The molecule has 21 heavy (non-hydrogen) atoms. The SMILES string of the molecule is CNc1ccncc1S(=O)(=O)NC(C)CN1CCCCC1. The molecule has 0 saturated carbocycles. The summed E-state index contributed by atoms with van der Waals surface area (Å²) in [5.74, 6) is 0. The van der Waals surface area contributed by atoms with Gasteiger partial charge in [-0.1, -0.05) is 6.42 Å². The molecule has 118 valence electrons. The molecule has 1 saturated heterocycles. The third-order valence-corrected chi connectivity index (χ3v) is 5.30. The van der Waals surface area contributed by atoms with Crippen molar-refractivity contribution in [3.05, 3.63) is 18.5 Å². The number of pyridine rings is 1. The van der Waals surface area contributed by atoms with E-state index in [4.69, 9.17) is 0 Å². The maximum absolute atomic E-state index is 12.5. The normalized spacial score (nSPS) is 18.4. The van der Waals surface area contributed by atoms with Gasteiger partial charge in [-0.3, -0.25) is 4.98 Å². The minimum atomic E-state index is -3.55. The zero-order valence-corrected chi connectivity index (χ0v) is 13.5. The lowest BCUT2D eigenvalue weighted by molar-refractivity contribution is 0.215. The second-order valence-corrected chi connectivity index (χ2v) is 7.19. The number of anilines is 1. The summed E-state index contributed by atoms with van der Waals surface area (Å²) in [6, 6.07) is 1.53. The van der Waals surface area contributed by atoms with Crippen molar-refractivity contribution in [1.29, 1.82) is 0 Å². The van der Waals surface area contributed by atoms with Crippen molar-refractivity contribution in [2.75, 3.05) is 32.0 Å². The molecule has 0 aliphatic carbocycles. The largest absolute Gasteiger partial charge is 0.387 e. The van der Waals surface area contributed by atoms with Crippen molar-refractivity contribution < 1.29 is 8.42 Å². The number of likely N-dealkylation sites (tertiary alicyclic amines) is 1. The van der Waals surface area contributed by atoms with Gasteiger partial charge in [0.15, 0.2) is 0 Å². The Kier molecular flexibility index (Phi) is 5.55. The summed E-state index contributed by atoms with van der Waals surface area (Å²) in [6.07, 6.45) is 6.62. The van der Waals surface area contributed by atoms with Crippen molar-refractivity contribution in [3.63, 3.8) is 0 Å². The van der Waals surface area contributed by atoms with Crippen molar-refractivity contribution in [2.45, 2.75) is 37.1 Å². The molecule has 6 nitrogen and oxygen atoms in total. The van der Waals surface area contributed by atoms with Crippen LogP contribution in [-0.4, -0.2) is 51.0 Å². The van der Waals surface area contributed by atoms with Gasteiger partial charge >= 0.3 is 0 Å². The predicted molar refractivity (Wildman–Crippen MR) is 83.9 cm³/mol. The van der Waals surface area contributed by atoms with Gasteiger partial charge in [0, 0.05) is 32.0 Å². The van der Waals surface area contributed by atoms with Gasteiger partial charge in [-0.2, -0.15) is 0 Å². The van der Waals surface area contributed by atoms with Crippen LogP contribution >= 0.6 is 0 Å². The third kappa shape index (κ3) is 4.39. The Morgan fingerprint density at radius 1 is 1.33 bits per heavy atom. The molecule has 1 aliphatic rings. The van der Waals surface area contributed by atoms with Crippen LogP contribution in [0.25, 0.3) is 0 Å². The van der Waals surface area contributed by atoms with E-state index in [0.717, 1.165) is 19.6 Å². The molecule has 0 bridgehead atoms. The molecule has 2 N–H and O–H groups in total. The molecular weight excluding hydrogens is 288 g/mol. The average molecular weight is 312 g/mol. The van der Waals surface area contributed by atoms with Gasteiger partial charge in [-0.15, -0.1) is 0 Å². The molecule has 2 heterocycles. The van der Waals surface area contributed by atoms with E-state index < -0.39 is 10.0 Å². The van der Waals surface area contributed by atoms with Crippen molar-refractivity contribution in [1.82, 2.24) is 14.6 Å². The summed E-state index contributed by atoms with van der Waals surface area (Å²) in [6.45, 7) is 4.76. The summed E-state index contributed by atoms with van der Waals surface area (Å²) in [5.41, 5.74) is 0.558. The highest BCUT2D eigenvalue weighted by Gasteiger charge is 2.22. The Bertz CT molecular complexity index is 556. The van der Waals surface area contributed by atoms with E-state index in [1.54, 1.807) is 19.3 Å². The number of sulfonamides is 1. The number of rotatable bonds is 6. The summed E-state index contributed by atoms with van der Waals surface area (Å²) >= 11 is 0. The van der Waals surface area contributed by atoms with Crippen molar-refractivity contribution >= 4 is 15.7 Å². The number of hydrogen-bond acceptors (Lipinski definition) is 5. The monoisotopic (exact) mass is 312 g/mol. The first-order valence-corrected chi connectivity index (χ1v) is 8.87. The van der Waals surface area contributed by atoms with Crippen LogP contribution in [0, 0.1) is 0 Å². The molecule has 1 fully saturated rings. The summed E-state index contributed by atoms with van der Waals surface area (Å²) < 4.78 is 27.7. The molecule has 1 aliphatic heterocycles. The minimum absolute atomic E-state index is 0.127. The molecule has 0 spiro atoms. The fourth-order valence-corrected chi connectivity index (χ4v) is 4.09. The lowest BCUT2D eigenvalue weighted by Crippen LogP contribution is -2.43. The van der Waals surface area contributed by atoms with E-state index in [1.807, 2.05) is 6.92 Å². The molecule has 1 atom stereocenters. The van der Waals surface area contributed by atoms with Crippen LogP contribution in [0.4, 0.5) is 5.69 Å². The quantitative estimate of drug-likeness (QED) is 0.827. The Morgan fingerprint density at radius 2 is 2.05 bits per heavy atom. The zero-order chi connectivity index (χ0) is 15.3. The van der Waals surface area contributed by atoms with E-state index in [1.165, 1.54) is 25.5 Å². The van der Waals surface area contributed by atoms with Crippen LogP contribution in [0.5, 0.6) is 0 Å². The van der Waals surface area contributed by atoms with Crippen LogP contribution in [-0.2, 0) is 10.0 Å². The van der Waals surface area contributed by atoms with Crippen LogP contribution < -0.4 is 10.0 Å². The average Bonchev–Trinajstić information content (AvgIpc) is 2.47. The molecule has 1 unspecified atom stereocenters. The zero-order valence-electron chi connectivity index (χ0n) is 12.7. The molecule has 7 heteroatoms. The topological polar surface area (TPSA) is 74.3 Å². The molecule has 1 aromatic rings. The Morgan fingerprint density at radius 3 is 2.71 bits per heavy atom. The maximum atomic E-state index is 12.5. The van der Waals surface area contributed by atoms with E-state index in [-0.39, 0.29) is 10.9 Å². The first kappa shape index (κ1) is 16.2. The van der Waals surface area contributed by atoms with Gasteiger partial charge in [-0.05, 0) is 38.9 Å². The van der Waals surface area contributed by atoms with E-state index >= 15 is 0 Å².